The standard InChI is InChI=1S/C25H40N4O3/c1-21-26-11-14-29(21)16-15-27(2)18-22-9-10-24(31-3)25(17-22)32-20-23(30)19-28-12-7-5-4-6-8-13-28/h9-11,14,17,23,30H,4-8,12-13,15-16,18-20H2,1-3H3/t23-/m0/s1. The first-order chi connectivity index (χ1) is 15.5. The molecule has 3 rings (SSSR count). The average molecular weight is 445 g/mol. The highest BCUT2D eigenvalue weighted by Gasteiger charge is 2.15. The first kappa shape index (κ1) is 24.6. The number of hydrogen-bond acceptors (Lipinski definition) is 6. The topological polar surface area (TPSA) is 63.0 Å². The molecule has 1 fully saturated rings. The molecule has 1 atom stereocenters. The Morgan fingerprint density at radius 2 is 1.88 bits per heavy atom. The van der Waals surface area contributed by atoms with Gasteiger partial charge in [-0.3, -0.25) is 0 Å². The number of rotatable bonds is 11. The van der Waals surface area contributed by atoms with Gasteiger partial charge in [0.2, 0.25) is 0 Å². The Labute approximate surface area is 193 Å². The van der Waals surface area contributed by atoms with E-state index in [1.807, 2.05) is 31.5 Å². The molecule has 0 spiro atoms. The van der Waals surface area contributed by atoms with E-state index >= 15 is 0 Å². The fourth-order valence-corrected chi connectivity index (χ4v) is 4.27. The van der Waals surface area contributed by atoms with Gasteiger partial charge in [0.15, 0.2) is 11.5 Å². The first-order valence-electron chi connectivity index (χ1n) is 11.9. The minimum atomic E-state index is -0.510. The molecule has 1 aliphatic heterocycles. The van der Waals surface area contributed by atoms with Crippen molar-refractivity contribution < 1.29 is 14.6 Å². The van der Waals surface area contributed by atoms with E-state index in [9.17, 15) is 5.11 Å². The van der Waals surface area contributed by atoms with Gasteiger partial charge in [0, 0.05) is 38.6 Å². The van der Waals surface area contributed by atoms with Gasteiger partial charge in [-0.25, -0.2) is 4.98 Å². The van der Waals surface area contributed by atoms with Gasteiger partial charge in [0.1, 0.15) is 18.5 Å². The Bertz CT molecular complexity index is 802. The quantitative estimate of drug-likeness (QED) is 0.574. The Morgan fingerprint density at radius 1 is 1.12 bits per heavy atom. The molecule has 0 bridgehead atoms. The maximum Gasteiger partial charge on any atom is 0.161 e. The molecule has 0 unspecified atom stereocenters. The van der Waals surface area contributed by atoms with E-state index in [0.29, 0.717) is 18.0 Å². The van der Waals surface area contributed by atoms with Gasteiger partial charge in [-0.05, 0) is 57.6 Å². The zero-order valence-corrected chi connectivity index (χ0v) is 20.0. The molecule has 7 heteroatoms. The number of aromatic nitrogens is 2. The number of aliphatic hydroxyl groups is 1. The number of likely N-dealkylation sites (N-methyl/N-ethyl adjacent to an activating group) is 1. The van der Waals surface area contributed by atoms with Crippen LogP contribution < -0.4 is 9.47 Å². The molecule has 0 saturated carbocycles. The smallest absolute Gasteiger partial charge is 0.161 e. The second-order valence-corrected chi connectivity index (χ2v) is 8.92. The third-order valence-corrected chi connectivity index (χ3v) is 6.18. The highest BCUT2D eigenvalue weighted by atomic mass is 16.5. The summed E-state index contributed by atoms with van der Waals surface area (Å²) in [7, 11) is 3.77. The molecule has 2 heterocycles. The zero-order chi connectivity index (χ0) is 22.8. The van der Waals surface area contributed by atoms with Crippen molar-refractivity contribution in [2.24, 2.45) is 0 Å². The van der Waals surface area contributed by atoms with Crippen LogP contribution in [0.25, 0.3) is 0 Å². The summed E-state index contributed by atoms with van der Waals surface area (Å²) in [6.07, 6.45) is 9.71. The highest BCUT2D eigenvalue weighted by Crippen LogP contribution is 2.28. The Kier molecular flexibility index (Phi) is 9.84. The number of nitrogens with zero attached hydrogens (tertiary/aromatic N) is 4. The van der Waals surface area contributed by atoms with Crippen LogP contribution in [0, 0.1) is 6.92 Å². The van der Waals surface area contributed by atoms with E-state index < -0.39 is 6.10 Å². The van der Waals surface area contributed by atoms with Crippen LogP contribution in [0.5, 0.6) is 11.5 Å². The van der Waals surface area contributed by atoms with Gasteiger partial charge < -0.3 is 28.9 Å². The molecular formula is C25H40N4O3. The van der Waals surface area contributed by atoms with Crippen LogP contribution in [0.4, 0.5) is 0 Å². The second kappa shape index (κ2) is 12.8. The number of hydrogen-bond donors (Lipinski definition) is 1. The van der Waals surface area contributed by atoms with E-state index in [4.69, 9.17) is 9.47 Å². The number of aryl methyl sites for hydroxylation is 1. The number of β-amino-alcohol motifs (C(OH)–C–C–N with tert-alkyl or cyclic N) is 1. The Hall–Kier alpha value is -2.09. The first-order valence-corrected chi connectivity index (χ1v) is 11.9. The van der Waals surface area contributed by atoms with Crippen molar-refractivity contribution in [1.29, 1.82) is 0 Å². The summed E-state index contributed by atoms with van der Waals surface area (Å²) < 4.78 is 13.7. The number of benzene rings is 1. The molecule has 0 amide bonds. The maximum atomic E-state index is 10.6. The minimum absolute atomic E-state index is 0.270. The van der Waals surface area contributed by atoms with Crippen molar-refractivity contribution in [2.75, 3.05) is 46.9 Å². The summed E-state index contributed by atoms with van der Waals surface area (Å²) in [6.45, 7) is 7.74. The van der Waals surface area contributed by atoms with E-state index in [1.165, 1.54) is 32.1 Å². The molecule has 7 nitrogen and oxygen atoms in total. The van der Waals surface area contributed by atoms with Crippen molar-refractivity contribution in [3.63, 3.8) is 0 Å². The van der Waals surface area contributed by atoms with E-state index in [2.05, 4.69) is 32.5 Å². The lowest BCUT2D eigenvalue weighted by Gasteiger charge is -2.27. The van der Waals surface area contributed by atoms with E-state index in [1.54, 1.807) is 7.11 Å². The van der Waals surface area contributed by atoms with Gasteiger partial charge in [0.05, 0.1) is 7.11 Å². The second-order valence-electron chi connectivity index (χ2n) is 8.92. The highest BCUT2D eigenvalue weighted by molar-refractivity contribution is 5.43. The van der Waals surface area contributed by atoms with Crippen LogP contribution in [-0.4, -0.2) is 77.5 Å². The Morgan fingerprint density at radius 3 is 2.56 bits per heavy atom. The zero-order valence-electron chi connectivity index (χ0n) is 20.0. The van der Waals surface area contributed by atoms with Crippen LogP contribution in [0.15, 0.2) is 30.6 Å². The molecule has 0 radical (unpaired) electrons. The predicted molar refractivity (Wildman–Crippen MR) is 127 cm³/mol. The van der Waals surface area contributed by atoms with Crippen molar-refractivity contribution in [2.45, 2.75) is 58.2 Å². The van der Waals surface area contributed by atoms with Crippen LogP contribution in [-0.2, 0) is 13.1 Å². The lowest BCUT2D eigenvalue weighted by atomic mass is 10.1. The third-order valence-electron chi connectivity index (χ3n) is 6.18. The number of imidazole rings is 1. The number of likely N-dealkylation sites (tertiary alicyclic amines) is 1. The molecule has 178 valence electrons. The summed E-state index contributed by atoms with van der Waals surface area (Å²) in [6, 6.07) is 6.05. The van der Waals surface area contributed by atoms with Crippen LogP contribution >= 0.6 is 0 Å². The average Bonchev–Trinajstić information content (AvgIpc) is 3.17. The fourth-order valence-electron chi connectivity index (χ4n) is 4.27. The van der Waals surface area contributed by atoms with Crippen molar-refractivity contribution in [3.8, 4) is 11.5 Å². The summed E-state index contributed by atoms with van der Waals surface area (Å²) in [4.78, 5) is 8.93. The molecule has 1 N–H and O–H groups in total. The van der Waals surface area contributed by atoms with Gasteiger partial charge in [-0.15, -0.1) is 0 Å². The minimum Gasteiger partial charge on any atom is -0.493 e. The normalized spacial score (nSPS) is 16.5. The molecule has 0 aliphatic carbocycles. The van der Waals surface area contributed by atoms with Gasteiger partial charge >= 0.3 is 0 Å². The number of methoxy groups -OCH3 is 1. The van der Waals surface area contributed by atoms with E-state index in [-0.39, 0.29) is 6.61 Å². The number of aliphatic hydroxyl groups excluding tert-OH is 1. The molecule has 1 aromatic carbocycles. The Balaban J connectivity index is 1.50. The number of ether oxygens (including phenoxy) is 2. The summed E-state index contributed by atoms with van der Waals surface area (Å²) in [5.74, 6) is 2.42. The van der Waals surface area contributed by atoms with Crippen molar-refractivity contribution in [3.05, 3.63) is 42.0 Å². The largest absolute Gasteiger partial charge is 0.493 e. The third kappa shape index (κ3) is 7.80. The van der Waals surface area contributed by atoms with Gasteiger partial charge in [-0.2, -0.15) is 0 Å². The lowest BCUT2D eigenvalue weighted by molar-refractivity contribution is 0.0644. The van der Waals surface area contributed by atoms with Crippen molar-refractivity contribution >= 4 is 0 Å². The molecule has 1 aliphatic rings. The van der Waals surface area contributed by atoms with Crippen LogP contribution in [0.3, 0.4) is 0 Å². The lowest BCUT2D eigenvalue weighted by Crippen LogP contribution is -2.37. The molecule has 2 aromatic rings. The molecular weight excluding hydrogens is 404 g/mol. The van der Waals surface area contributed by atoms with Crippen LogP contribution in [0.2, 0.25) is 0 Å². The van der Waals surface area contributed by atoms with Crippen LogP contribution in [0.1, 0.15) is 43.5 Å². The van der Waals surface area contributed by atoms with E-state index in [0.717, 1.165) is 44.1 Å². The predicted octanol–water partition coefficient (Wildman–Crippen LogP) is 3.34. The van der Waals surface area contributed by atoms with Gasteiger partial charge in [-0.1, -0.05) is 25.3 Å². The molecule has 32 heavy (non-hydrogen) atoms. The van der Waals surface area contributed by atoms with Crippen molar-refractivity contribution in [1.82, 2.24) is 19.4 Å². The maximum absolute atomic E-state index is 10.6. The molecule has 1 saturated heterocycles. The van der Waals surface area contributed by atoms with Gasteiger partial charge in [0.25, 0.3) is 0 Å². The fraction of sp³-hybridized carbons (Fsp3) is 0.640. The summed E-state index contributed by atoms with van der Waals surface area (Å²) in [5, 5.41) is 10.6. The molecule has 1 aromatic heterocycles. The summed E-state index contributed by atoms with van der Waals surface area (Å²) >= 11 is 0. The summed E-state index contributed by atoms with van der Waals surface area (Å²) in [5.41, 5.74) is 1.16. The monoisotopic (exact) mass is 444 g/mol. The SMILES string of the molecule is COc1ccc(CN(C)CCn2ccnc2C)cc1OC[C@@H](O)CN1CCCCCCC1.